The highest BCUT2D eigenvalue weighted by molar-refractivity contribution is 6.09. The van der Waals surface area contributed by atoms with Gasteiger partial charge in [-0.2, -0.15) is 0 Å². The van der Waals surface area contributed by atoms with Gasteiger partial charge in [0.1, 0.15) is 0 Å². The topological polar surface area (TPSA) is 87.2 Å². The summed E-state index contributed by atoms with van der Waals surface area (Å²) in [6.45, 7) is 3.29. The Hall–Kier alpha value is -2.96. The standard InChI is InChI=1S/C16H19N5O2/c1-10-5-6-12(13(9-10)17-11(2)22)16(23)18-14-7-8-15(20-19-14)21(3)4/h5-9H,1-4H3,(H,17,22)(H,18,19,23). The number of anilines is 3. The smallest absolute Gasteiger partial charge is 0.258 e. The Kier molecular flexibility index (Phi) is 4.90. The summed E-state index contributed by atoms with van der Waals surface area (Å²) in [5.74, 6) is 0.438. The molecule has 0 spiro atoms. The third-order valence-electron chi connectivity index (χ3n) is 3.08. The summed E-state index contributed by atoms with van der Waals surface area (Å²) >= 11 is 0. The average molecular weight is 313 g/mol. The van der Waals surface area contributed by atoms with Crippen molar-refractivity contribution in [1.29, 1.82) is 0 Å². The minimum atomic E-state index is -0.361. The van der Waals surface area contributed by atoms with Crippen molar-refractivity contribution in [3.8, 4) is 0 Å². The van der Waals surface area contributed by atoms with E-state index in [1.807, 2.05) is 25.9 Å². The molecule has 1 heterocycles. The van der Waals surface area contributed by atoms with E-state index >= 15 is 0 Å². The zero-order chi connectivity index (χ0) is 17.0. The Labute approximate surface area is 134 Å². The van der Waals surface area contributed by atoms with E-state index in [-0.39, 0.29) is 11.8 Å². The number of rotatable bonds is 4. The number of benzene rings is 1. The maximum atomic E-state index is 12.4. The van der Waals surface area contributed by atoms with Gasteiger partial charge in [0.15, 0.2) is 11.6 Å². The molecule has 0 aliphatic heterocycles. The highest BCUT2D eigenvalue weighted by atomic mass is 16.2. The summed E-state index contributed by atoms with van der Waals surface area (Å²) in [5.41, 5.74) is 1.78. The van der Waals surface area contributed by atoms with Crippen LogP contribution in [0.2, 0.25) is 0 Å². The maximum Gasteiger partial charge on any atom is 0.258 e. The van der Waals surface area contributed by atoms with Gasteiger partial charge in [-0.1, -0.05) is 6.07 Å². The lowest BCUT2D eigenvalue weighted by atomic mass is 10.1. The van der Waals surface area contributed by atoms with Gasteiger partial charge in [0.25, 0.3) is 5.91 Å². The van der Waals surface area contributed by atoms with Crippen LogP contribution in [0.25, 0.3) is 0 Å². The van der Waals surface area contributed by atoms with Gasteiger partial charge < -0.3 is 15.5 Å². The number of aromatic nitrogens is 2. The lowest BCUT2D eigenvalue weighted by Gasteiger charge is -2.12. The summed E-state index contributed by atoms with van der Waals surface area (Å²) < 4.78 is 0. The van der Waals surface area contributed by atoms with Crippen LogP contribution in [0.1, 0.15) is 22.8 Å². The number of hydrogen-bond donors (Lipinski definition) is 2. The Bertz CT molecular complexity index is 726. The first kappa shape index (κ1) is 16.4. The van der Waals surface area contributed by atoms with E-state index < -0.39 is 0 Å². The minimum Gasteiger partial charge on any atom is -0.361 e. The molecule has 2 aromatic rings. The average Bonchev–Trinajstić information content (AvgIpc) is 2.47. The number of nitrogens with zero attached hydrogens (tertiary/aromatic N) is 3. The normalized spacial score (nSPS) is 10.1. The van der Waals surface area contributed by atoms with Crippen LogP contribution in [0.5, 0.6) is 0 Å². The van der Waals surface area contributed by atoms with Crippen molar-refractivity contribution in [3.63, 3.8) is 0 Å². The van der Waals surface area contributed by atoms with Crippen molar-refractivity contribution in [2.75, 3.05) is 29.6 Å². The predicted octanol–water partition coefficient (Wildman–Crippen LogP) is 2.06. The minimum absolute atomic E-state index is 0.236. The maximum absolute atomic E-state index is 12.4. The lowest BCUT2D eigenvalue weighted by molar-refractivity contribution is -0.114. The number of carbonyl (C=O) groups excluding carboxylic acids is 2. The second kappa shape index (κ2) is 6.87. The highest BCUT2D eigenvalue weighted by Gasteiger charge is 2.13. The molecule has 1 aromatic heterocycles. The van der Waals surface area contributed by atoms with Crippen LogP contribution in [0.15, 0.2) is 30.3 Å². The molecule has 0 unspecified atom stereocenters. The van der Waals surface area contributed by atoms with E-state index in [0.717, 1.165) is 5.56 Å². The molecule has 0 saturated carbocycles. The van der Waals surface area contributed by atoms with Gasteiger partial charge in [-0.05, 0) is 36.8 Å². The first-order valence-corrected chi connectivity index (χ1v) is 7.07. The Balaban J connectivity index is 2.21. The number of hydrogen-bond acceptors (Lipinski definition) is 5. The molecule has 0 radical (unpaired) electrons. The fourth-order valence-electron chi connectivity index (χ4n) is 1.96. The molecule has 7 heteroatoms. The van der Waals surface area contributed by atoms with E-state index in [1.165, 1.54) is 6.92 Å². The molecule has 0 aliphatic carbocycles. The Morgan fingerprint density at radius 2 is 1.78 bits per heavy atom. The van der Waals surface area contributed by atoms with Gasteiger partial charge in [-0.15, -0.1) is 10.2 Å². The van der Waals surface area contributed by atoms with Crippen LogP contribution in [-0.4, -0.2) is 36.1 Å². The second-order valence-corrected chi connectivity index (χ2v) is 5.36. The van der Waals surface area contributed by atoms with Crippen molar-refractivity contribution in [2.24, 2.45) is 0 Å². The van der Waals surface area contributed by atoms with Gasteiger partial charge in [0, 0.05) is 21.0 Å². The fraction of sp³-hybridized carbons (Fsp3) is 0.250. The van der Waals surface area contributed by atoms with Crippen LogP contribution in [0.4, 0.5) is 17.3 Å². The molecule has 2 amide bonds. The summed E-state index contributed by atoms with van der Waals surface area (Å²) in [6.07, 6.45) is 0. The van der Waals surface area contributed by atoms with Crippen molar-refractivity contribution in [2.45, 2.75) is 13.8 Å². The molecule has 23 heavy (non-hydrogen) atoms. The van der Waals surface area contributed by atoms with Gasteiger partial charge in [0.2, 0.25) is 5.91 Å². The molecule has 120 valence electrons. The second-order valence-electron chi connectivity index (χ2n) is 5.36. The van der Waals surface area contributed by atoms with Crippen LogP contribution in [0, 0.1) is 6.92 Å². The molecular formula is C16H19N5O2. The first-order chi connectivity index (χ1) is 10.9. The van der Waals surface area contributed by atoms with E-state index in [4.69, 9.17) is 0 Å². The number of amides is 2. The summed E-state index contributed by atoms with van der Waals surface area (Å²) in [7, 11) is 3.71. The zero-order valence-electron chi connectivity index (χ0n) is 13.5. The van der Waals surface area contributed by atoms with Crippen LogP contribution >= 0.6 is 0 Å². The highest BCUT2D eigenvalue weighted by Crippen LogP contribution is 2.19. The molecule has 2 rings (SSSR count). The number of aryl methyl sites for hydroxylation is 1. The van der Waals surface area contributed by atoms with E-state index in [1.54, 1.807) is 30.3 Å². The molecule has 0 atom stereocenters. The number of carbonyl (C=O) groups is 2. The first-order valence-electron chi connectivity index (χ1n) is 7.07. The summed E-state index contributed by atoms with van der Waals surface area (Å²) in [4.78, 5) is 25.5. The monoisotopic (exact) mass is 313 g/mol. The van der Waals surface area contributed by atoms with Gasteiger partial charge >= 0.3 is 0 Å². The number of nitrogens with one attached hydrogen (secondary N) is 2. The quantitative estimate of drug-likeness (QED) is 0.902. The van der Waals surface area contributed by atoms with Crippen molar-refractivity contribution in [1.82, 2.24) is 10.2 Å². The van der Waals surface area contributed by atoms with Crippen LogP contribution < -0.4 is 15.5 Å². The zero-order valence-corrected chi connectivity index (χ0v) is 13.5. The molecule has 2 N–H and O–H groups in total. The third-order valence-corrected chi connectivity index (χ3v) is 3.08. The van der Waals surface area contributed by atoms with E-state index in [9.17, 15) is 9.59 Å². The van der Waals surface area contributed by atoms with Gasteiger partial charge in [0.05, 0.1) is 11.3 Å². The van der Waals surface area contributed by atoms with E-state index in [2.05, 4.69) is 20.8 Å². The van der Waals surface area contributed by atoms with Crippen molar-refractivity contribution in [3.05, 3.63) is 41.5 Å². The van der Waals surface area contributed by atoms with Crippen LogP contribution in [0.3, 0.4) is 0 Å². The molecule has 0 bridgehead atoms. The molecule has 7 nitrogen and oxygen atoms in total. The molecule has 0 aliphatic rings. The fourth-order valence-corrected chi connectivity index (χ4v) is 1.96. The Morgan fingerprint density at radius 1 is 1.04 bits per heavy atom. The van der Waals surface area contributed by atoms with Crippen LogP contribution in [-0.2, 0) is 4.79 Å². The molecule has 1 aromatic carbocycles. The summed E-state index contributed by atoms with van der Waals surface area (Å²) in [5, 5.41) is 13.3. The van der Waals surface area contributed by atoms with Crippen molar-refractivity contribution >= 4 is 29.1 Å². The summed E-state index contributed by atoms with van der Waals surface area (Å²) in [6, 6.07) is 8.65. The lowest BCUT2D eigenvalue weighted by Crippen LogP contribution is -2.18. The largest absolute Gasteiger partial charge is 0.361 e. The van der Waals surface area contributed by atoms with Crippen molar-refractivity contribution < 1.29 is 9.59 Å². The SMILES string of the molecule is CC(=O)Nc1cc(C)ccc1C(=O)Nc1ccc(N(C)C)nn1. The Morgan fingerprint density at radius 3 is 2.35 bits per heavy atom. The third kappa shape index (κ3) is 4.26. The van der Waals surface area contributed by atoms with Gasteiger partial charge in [-0.3, -0.25) is 9.59 Å². The van der Waals surface area contributed by atoms with E-state index in [0.29, 0.717) is 22.9 Å². The molecule has 0 saturated heterocycles. The van der Waals surface area contributed by atoms with Gasteiger partial charge in [-0.25, -0.2) is 0 Å². The molecule has 0 fully saturated rings. The predicted molar refractivity (Wildman–Crippen MR) is 89.8 cm³/mol. The molecular weight excluding hydrogens is 294 g/mol.